The van der Waals surface area contributed by atoms with Crippen LogP contribution >= 0.6 is 0 Å². The Kier molecular flexibility index (Phi) is 3.55. The van der Waals surface area contributed by atoms with Crippen LogP contribution in [-0.2, 0) is 11.2 Å². The normalized spacial score (nSPS) is 24.3. The second kappa shape index (κ2) is 5.37. The number of amides is 1. The Hall–Kier alpha value is -2.08. The molecule has 6 nitrogen and oxygen atoms in total. The first-order valence-corrected chi connectivity index (χ1v) is 7.15. The number of nitrogens with zero attached hydrogens (tertiary/aromatic N) is 1. The summed E-state index contributed by atoms with van der Waals surface area (Å²) in [6.45, 7) is 1.00. The molecule has 1 fully saturated rings. The van der Waals surface area contributed by atoms with Gasteiger partial charge in [0.15, 0.2) is 0 Å². The molecule has 6 heteroatoms. The highest BCUT2D eigenvalue weighted by molar-refractivity contribution is 5.97. The van der Waals surface area contributed by atoms with Crippen molar-refractivity contribution in [1.29, 1.82) is 0 Å². The van der Waals surface area contributed by atoms with Gasteiger partial charge in [0.25, 0.3) is 5.91 Å². The van der Waals surface area contributed by atoms with Crippen molar-refractivity contribution in [1.82, 2.24) is 4.90 Å². The van der Waals surface area contributed by atoms with Gasteiger partial charge in [-0.1, -0.05) is 0 Å². The molecule has 0 radical (unpaired) electrons. The maximum absolute atomic E-state index is 12.5. The van der Waals surface area contributed by atoms with Crippen LogP contribution in [0.25, 0.3) is 0 Å². The Morgan fingerprint density at radius 1 is 1.33 bits per heavy atom. The van der Waals surface area contributed by atoms with Crippen molar-refractivity contribution in [3.05, 3.63) is 29.3 Å². The number of aliphatic hydroxyl groups is 1. The monoisotopic (exact) mass is 290 g/mol. The van der Waals surface area contributed by atoms with Gasteiger partial charge < -0.3 is 20.4 Å². The van der Waals surface area contributed by atoms with E-state index in [0.29, 0.717) is 5.56 Å². The van der Waals surface area contributed by atoms with E-state index in [0.717, 1.165) is 30.6 Å². The Morgan fingerprint density at radius 3 is 2.90 bits per heavy atom. The molecule has 0 unspecified atom stereocenters. The summed E-state index contributed by atoms with van der Waals surface area (Å²) < 4.78 is 0. The molecular formula is C15H18N2O4. The van der Waals surface area contributed by atoms with E-state index in [1.807, 2.05) is 12.1 Å². The first kappa shape index (κ1) is 13.9. The van der Waals surface area contributed by atoms with E-state index in [1.54, 1.807) is 6.07 Å². The number of fused-ring (bicyclic) bond motifs is 1. The third-order valence-electron chi connectivity index (χ3n) is 4.12. The Labute approximate surface area is 122 Å². The molecule has 3 N–H and O–H groups in total. The van der Waals surface area contributed by atoms with Crippen molar-refractivity contribution in [2.75, 3.05) is 18.4 Å². The third-order valence-corrected chi connectivity index (χ3v) is 4.12. The van der Waals surface area contributed by atoms with Gasteiger partial charge in [0.1, 0.15) is 6.04 Å². The van der Waals surface area contributed by atoms with Crippen LogP contribution in [0.5, 0.6) is 0 Å². The zero-order chi connectivity index (χ0) is 15.0. The number of carboxylic acid groups (broad SMARTS) is 1. The van der Waals surface area contributed by atoms with Crippen LogP contribution in [0.15, 0.2) is 18.2 Å². The lowest BCUT2D eigenvalue weighted by Crippen LogP contribution is -2.40. The van der Waals surface area contributed by atoms with Gasteiger partial charge in [-0.2, -0.15) is 0 Å². The molecule has 0 saturated carbocycles. The minimum absolute atomic E-state index is 0.0745. The quantitative estimate of drug-likeness (QED) is 0.746. The smallest absolute Gasteiger partial charge is 0.326 e. The van der Waals surface area contributed by atoms with Crippen molar-refractivity contribution in [3.8, 4) is 0 Å². The number of aryl methyl sites for hydroxylation is 1. The molecule has 1 amide bonds. The molecule has 0 spiro atoms. The molecule has 21 heavy (non-hydrogen) atoms. The minimum Gasteiger partial charge on any atom is -0.480 e. The summed E-state index contributed by atoms with van der Waals surface area (Å²) in [5, 5.41) is 22.1. The van der Waals surface area contributed by atoms with Gasteiger partial charge in [0.05, 0.1) is 6.10 Å². The molecule has 1 aromatic carbocycles. The number of aliphatic carboxylic acids is 1. The fraction of sp³-hybridized carbons (Fsp3) is 0.467. The number of carbonyl (C=O) groups excluding carboxylic acids is 1. The molecule has 0 aliphatic carbocycles. The minimum atomic E-state index is -1.07. The average Bonchev–Trinajstić information content (AvgIpc) is 2.88. The van der Waals surface area contributed by atoms with Crippen LogP contribution < -0.4 is 5.32 Å². The van der Waals surface area contributed by atoms with Crippen molar-refractivity contribution in [3.63, 3.8) is 0 Å². The van der Waals surface area contributed by atoms with E-state index < -0.39 is 18.1 Å². The zero-order valence-electron chi connectivity index (χ0n) is 11.6. The standard InChI is InChI=1S/C15H18N2O4/c18-11-7-13(15(20)21)17(8-11)14(19)10-3-4-12-9(6-10)2-1-5-16-12/h3-4,6,11,13,16,18H,1-2,5,7-8H2,(H,20,21)/t11-,13+/m1/s1. The van der Waals surface area contributed by atoms with Gasteiger partial charge in [-0.15, -0.1) is 0 Å². The molecule has 2 aliphatic rings. The van der Waals surface area contributed by atoms with E-state index in [1.165, 1.54) is 4.90 Å². The molecule has 3 rings (SSSR count). The lowest BCUT2D eigenvalue weighted by Gasteiger charge is -2.23. The van der Waals surface area contributed by atoms with Gasteiger partial charge in [-0.25, -0.2) is 4.79 Å². The lowest BCUT2D eigenvalue weighted by molar-refractivity contribution is -0.141. The average molecular weight is 290 g/mol. The van der Waals surface area contributed by atoms with Gasteiger partial charge in [0.2, 0.25) is 0 Å². The summed E-state index contributed by atoms with van der Waals surface area (Å²) in [4.78, 5) is 25.0. The SMILES string of the molecule is O=C(O)[C@@H]1C[C@@H](O)CN1C(=O)c1ccc2c(c1)CCCN2. The second-order valence-electron chi connectivity index (χ2n) is 5.60. The number of anilines is 1. The lowest BCUT2D eigenvalue weighted by atomic mass is 10.00. The molecular weight excluding hydrogens is 272 g/mol. The molecule has 2 aliphatic heterocycles. The second-order valence-corrected chi connectivity index (χ2v) is 5.60. The highest BCUT2D eigenvalue weighted by atomic mass is 16.4. The Bertz CT molecular complexity index is 587. The number of likely N-dealkylation sites (tertiary alicyclic amines) is 1. The van der Waals surface area contributed by atoms with Crippen LogP contribution in [0, 0.1) is 0 Å². The van der Waals surface area contributed by atoms with Crippen LogP contribution in [0.1, 0.15) is 28.8 Å². The van der Waals surface area contributed by atoms with Crippen molar-refractivity contribution >= 4 is 17.6 Å². The first-order valence-electron chi connectivity index (χ1n) is 7.15. The number of hydrogen-bond donors (Lipinski definition) is 3. The molecule has 1 aromatic rings. The van der Waals surface area contributed by atoms with Crippen molar-refractivity contribution in [2.24, 2.45) is 0 Å². The predicted octanol–water partition coefficient (Wildman–Crippen LogP) is 0.705. The molecule has 2 heterocycles. The summed E-state index contributed by atoms with van der Waals surface area (Å²) in [5.41, 5.74) is 2.60. The largest absolute Gasteiger partial charge is 0.480 e. The molecule has 2 atom stereocenters. The topological polar surface area (TPSA) is 89.9 Å². The van der Waals surface area contributed by atoms with Crippen LogP contribution in [-0.4, -0.2) is 52.2 Å². The number of carbonyl (C=O) groups is 2. The van der Waals surface area contributed by atoms with E-state index in [4.69, 9.17) is 0 Å². The van der Waals surface area contributed by atoms with Gasteiger partial charge >= 0.3 is 5.97 Å². The number of aliphatic hydroxyl groups excluding tert-OH is 1. The van der Waals surface area contributed by atoms with Gasteiger partial charge in [-0.3, -0.25) is 4.79 Å². The fourth-order valence-electron chi connectivity index (χ4n) is 3.05. The first-order chi connectivity index (χ1) is 10.1. The maximum atomic E-state index is 12.5. The Balaban J connectivity index is 1.86. The van der Waals surface area contributed by atoms with Gasteiger partial charge in [-0.05, 0) is 36.6 Å². The number of hydrogen-bond acceptors (Lipinski definition) is 4. The number of benzene rings is 1. The molecule has 112 valence electrons. The van der Waals surface area contributed by atoms with Crippen LogP contribution in [0.4, 0.5) is 5.69 Å². The highest BCUT2D eigenvalue weighted by Crippen LogP contribution is 2.26. The van der Waals surface area contributed by atoms with Crippen LogP contribution in [0.3, 0.4) is 0 Å². The van der Waals surface area contributed by atoms with E-state index in [9.17, 15) is 19.8 Å². The van der Waals surface area contributed by atoms with E-state index in [2.05, 4.69) is 5.32 Å². The Morgan fingerprint density at radius 2 is 2.14 bits per heavy atom. The number of β-amino-alcohol motifs (C(OH)–C–C–N with tert-alkyl or cyclic N) is 1. The van der Waals surface area contributed by atoms with Crippen molar-refractivity contribution < 1.29 is 19.8 Å². The number of carboxylic acids is 1. The summed E-state index contributed by atoms with van der Waals surface area (Å²) in [6, 6.07) is 4.46. The maximum Gasteiger partial charge on any atom is 0.326 e. The van der Waals surface area contributed by atoms with E-state index in [-0.39, 0.29) is 18.9 Å². The predicted molar refractivity (Wildman–Crippen MR) is 76.3 cm³/mol. The number of nitrogens with one attached hydrogen (secondary N) is 1. The zero-order valence-corrected chi connectivity index (χ0v) is 11.6. The molecule has 0 aromatic heterocycles. The summed E-state index contributed by atoms with van der Waals surface area (Å²) in [7, 11) is 0. The summed E-state index contributed by atoms with van der Waals surface area (Å²) in [6.07, 6.45) is 1.25. The van der Waals surface area contributed by atoms with Gasteiger partial charge in [0, 0.05) is 30.8 Å². The van der Waals surface area contributed by atoms with E-state index >= 15 is 0 Å². The van der Waals surface area contributed by atoms with Crippen LogP contribution in [0.2, 0.25) is 0 Å². The number of rotatable bonds is 2. The summed E-state index contributed by atoms with van der Waals surface area (Å²) in [5.74, 6) is -1.40. The summed E-state index contributed by atoms with van der Waals surface area (Å²) >= 11 is 0. The highest BCUT2D eigenvalue weighted by Gasteiger charge is 2.39. The third kappa shape index (κ3) is 2.58. The molecule has 1 saturated heterocycles. The van der Waals surface area contributed by atoms with Crippen molar-refractivity contribution in [2.45, 2.75) is 31.4 Å². The fourth-order valence-corrected chi connectivity index (χ4v) is 3.05. The molecule has 0 bridgehead atoms.